The molecule has 73 heavy (non-hydrogen) atoms. The maximum absolute atomic E-state index is 11.0. The fourth-order valence-corrected chi connectivity index (χ4v) is 8.77. The van der Waals surface area contributed by atoms with E-state index in [0.29, 0.717) is 39.8 Å². The van der Waals surface area contributed by atoms with Gasteiger partial charge in [0.05, 0.1) is 58.2 Å². The Morgan fingerprint density at radius 2 is 0.932 bits per heavy atom. The quantitative estimate of drug-likeness (QED) is 0.101. The van der Waals surface area contributed by atoms with Crippen molar-refractivity contribution < 1.29 is 0 Å². The third-order valence-corrected chi connectivity index (χ3v) is 13.4. The van der Waals surface area contributed by atoms with Crippen molar-refractivity contribution in [1.29, 1.82) is 26.3 Å². The van der Waals surface area contributed by atoms with Crippen LogP contribution in [0.4, 0.5) is 0 Å². The number of allylic oxidation sites excluding steroid dienone is 11. The third-order valence-electron chi connectivity index (χ3n) is 13.4. The van der Waals surface area contributed by atoms with Crippen LogP contribution in [0, 0.1) is 68.0 Å². The molecule has 364 valence electrons. The summed E-state index contributed by atoms with van der Waals surface area (Å²) in [6.07, 6.45) is 17.7. The summed E-state index contributed by atoms with van der Waals surface area (Å²) in [5.74, 6) is 0.0292. The molecule has 0 fully saturated rings. The maximum atomic E-state index is 11.0. The van der Waals surface area contributed by atoms with Gasteiger partial charge >= 0.3 is 0 Å². The summed E-state index contributed by atoms with van der Waals surface area (Å²) in [4.78, 5) is 4.25. The van der Waals surface area contributed by atoms with E-state index in [-0.39, 0.29) is 27.6 Å². The molecule has 5 aromatic rings. The molecule has 0 saturated heterocycles. The molecule has 1 atom stereocenters. The standard InChI is InChI=1S/C67H66N6/c1-14-48(39-68)53-24-45(31-61(36-53)65(5,6)7)29-57(41-70)52-23-44(22-51(34-52)49-18-20-73-21-19-49)27-58(42-71)54-26-47(33-63(37-54)67(11,12)13)30-59(43-72)55-25-46(32-62(38-55)66(8,9)10)28-56(40-69)50-16-15-17-60(35-50)64(2,3)4/h14-36,38,63H,37H2,1-13H3/b48-14+,56-28+,57-29+,58-27+,59-30+. The van der Waals surface area contributed by atoms with Crippen molar-refractivity contribution in [2.45, 2.75) is 113 Å². The van der Waals surface area contributed by atoms with Gasteiger partial charge in [0.15, 0.2) is 0 Å². The molecule has 0 amide bonds. The van der Waals surface area contributed by atoms with E-state index in [0.717, 1.165) is 72.3 Å². The Hall–Kier alpha value is -8.34. The number of nitrogens with zero attached hydrogens (tertiary/aromatic N) is 6. The Labute approximate surface area is 435 Å². The second-order valence-electron chi connectivity index (χ2n) is 23.1. The predicted octanol–water partition coefficient (Wildman–Crippen LogP) is 17.1. The summed E-state index contributed by atoms with van der Waals surface area (Å²) in [5, 5.41) is 53.2. The molecule has 0 aliphatic heterocycles. The van der Waals surface area contributed by atoms with Gasteiger partial charge in [-0.15, -0.1) is 0 Å². The number of hydrogen-bond acceptors (Lipinski definition) is 6. The fraction of sp³-hybridized carbons (Fsp3) is 0.284. The van der Waals surface area contributed by atoms with E-state index < -0.39 is 0 Å². The minimum Gasteiger partial charge on any atom is -0.265 e. The zero-order valence-corrected chi connectivity index (χ0v) is 44.8. The number of rotatable bonds is 10. The van der Waals surface area contributed by atoms with Gasteiger partial charge in [0, 0.05) is 12.4 Å². The van der Waals surface area contributed by atoms with Crippen molar-refractivity contribution >= 4 is 40.5 Å². The zero-order chi connectivity index (χ0) is 53.5. The van der Waals surface area contributed by atoms with Crippen LogP contribution >= 0.6 is 0 Å². The fourth-order valence-electron chi connectivity index (χ4n) is 8.77. The molecule has 0 radical (unpaired) electrons. The van der Waals surface area contributed by atoms with Crippen molar-refractivity contribution in [2.24, 2.45) is 11.3 Å². The molecule has 1 aliphatic rings. The second-order valence-corrected chi connectivity index (χ2v) is 23.1. The molecule has 0 N–H and O–H groups in total. The highest BCUT2D eigenvalue weighted by atomic mass is 14.6. The second kappa shape index (κ2) is 22.0. The molecule has 1 unspecified atom stereocenters. The lowest BCUT2D eigenvalue weighted by Gasteiger charge is -2.32. The van der Waals surface area contributed by atoms with Crippen molar-refractivity contribution in [3.8, 4) is 41.5 Å². The van der Waals surface area contributed by atoms with Crippen LogP contribution < -0.4 is 0 Å². The Kier molecular flexibility index (Phi) is 16.3. The zero-order valence-electron chi connectivity index (χ0n) is 44.8. The number of pyridine rings is 1. The lowest BCUT2D eigenvalue weighted by molar-refractivity contribution is 0.289. The topological polar surface area (TPSA) is 132 Å². The molecule has 0 spiro atoms. The highest BCUT2D eigenvalue weighted by Gasteiger charge is 2.28. The van der Waals surface area contributed by atoms with E-state index in [1.165, 1.54) is 0 Å². The summed E-state index contributed by atoms with van der Waals surface area (Å²) >= 11 is 0. The van der Waals surface area contributed by atoms with E-state index in [4.69, 9.17) is 0 Å². The Bertz CT molecular complexity index is 3390. The summed E-state index contributed by atoms with van der Waals surface area (Å²) < 4.78 is 0. The van der Waals surface area contributed by atoms with Crippen LogP contribution in [0.2, 0.25) is 0 Å². The van der Waals surface area contributed by atoms with Crippen LogP contribution in [0.5, 0.6) is 0 Å². The van der Waals surface area contributed by atoms with E-state index >= 15 is 0 Å². The van der Waals surface area contributed by atoms with Gasteiger partial charge < -0.3 is 0 Å². The lowest BCUT2D eigenvalue weighted by Crippen LogP contribution is -2.21. The molecule has 4 aromatic carbocycles. The summed E-state index contributed by atoms with van der Waals surface area (Å²) in [6, 6.07) is 42.4. The summed E-state index contributed by atoms with van der Waals surface area (Å²) in [7, 11) is 0. The number of benzene rings is 4. The Balaban J connectivity index is 1.50. The lowest BCUT2D eigenvalue weighted by atomic mass is 9.72. The molecule has 6 heteroatoms. The average molecular weight is 955 g/mol. The summed E-state index contributed by atoms with van der Waals surface area (Å²) in [6.45, 7) is 27.7. The molecule has 6 nitrogen and oxygen atoms in total. The highest BCUT2D eigenvalue weighted by Crippen LogP contribution is 2.41. The molecule has 1 heterocycles. The Morgan fingerprint density at radius 1 is 0.479 bits per heavy atom. The van der Waals surface area contributed by atoms with Gasteiger partial charge in [-0.05, 0) is 204 Å². The predicted molar refractivity (Wildman–Crippen MR) is 302 cm³/mol. The Morgan fingerprint density at radius 3 is 1.42 bits per heavy atom. The van der Waals surface area contributed by atoms with Crippen molar-refractivity contribution in [3.05, 3.63) is 200 Å². The SMILES string of the molecule is C/C=C(\C#N)c1cc(/C=C(\C#N)c2cc(/C=C(\C#N)C3=CC(/C=C(\C#N)c4cc(/C=C(\C#N)c5cccc(C(C)(C)C)c5)cc(C(C)(C)C)c4)=CC(C(C)(C)C)C3)cc(-c3ccncc3)c2)cc(C(C)(C)C)c1. The van der Waals surface area contributed by atoms with E-state index in [1.807, 2.05) is 98.0 Å². The van der Waals surface area contributed by atoms with Crippen molar-refractivity contribution in [3.63, 3.8) is 0 Å². The van der Waals surface area contributed by atoms with Gasteiger partial charge in [0.25, 0.3) is 0 Å². The number of hydrogen-bond donors (Lipinski definition) is 0. The largest absolute Gasteiger partial charge is 0.265 e. The number of aromatic nitrogens is 1. The van der Waals surface area contributed by atoms with Crippen LogP contribution in [0.15, 0.2) is 144 Å². The molecular formula is C67H66N6. The van der Waals surface area contributed by atoms with Crippen molar-refractivity contribution in [1.82, 2.24) is 4.98 Å². The van der Waals surface area contributed by atoms with Crippen LogP contribution in [-0.2, 0) is 16.2 Å². The van der Waals surface area contributed by atoms with Crippen LogP contribution in [0.25, 0.3) is 51.6 Å². The third kappa shape index (κ3) is 13.5. The van der Waals surface area contributed by atoms with E-state index in [9.17, 15) is 26.3 Å². The maximum Gasteiger partial charge on any atom is 0.0998 e. The van der Waals surface area contributed by atoms with Crippen molar-refractivity contribution in [2.75, 3.05) is 0 Å². The molecule has 6 rings (SSSR count). The van der Waals surface area contributed by atoms with Crippen LogP contribution in [-0.4, -0.2) is 4.98 Å². The van der Waals surface area contributed by atoms with Crippen LogP contribution in [0.1, 0.15) is 152 Å². The first-order valence-corrected chi connectivity index (χ1v) is 24.8. The number of nitriles is 5. The van der Waals surface area contributed by atoms with Gasteiger partial charge in [-0.25, -0.2) is 0 Å². The van der Waals surface area contributed by atoms with E-state index in [2.05, 4.69) is 155 Å². The minimum absolute atomic E-state index is 0.0292. The van der Waals surface area contributed by atoms with Gasteiger partial charge in [-0.1, -0.05) is 132 Å². The van der Waals surface area contributed by atoms with Crippen LogP contribution in [0.3, 0.4) is 0 Å². The van der Waals surface area contributed by atoms with Gasteiger partial charge in [-0.2, -0.15) is 26.3 Å². The smallest absolute Gasteiger partial charge is 0.0998 e. The molecule has 1 aliphatic carbocycles. The molecule has 0 bridgehead atoms. The highest BCUT2D eigenvalue weighted by molar-refractivity contribution is 5.93. The monoisotopic (exact) mass is 955 g/mol. The first kappa shape index (κ1) is 54.0. The minimum atomic E-state index is -0.257. The van der Waals surface area contributed by atoms with Gasteiger partial charge in [-0.3, -0.25) is 4.98 Å². The molecule has 1 aromatic heterocycles. The normalized spacial score (nSPS) is 15.2. The van der Waals surface area contributed by atoms with E-state index in [1.54, 1.807) is 18.5 Å². The average Bonchev–Trinajstić information content (AvgIpc) is 3.35. The van der Waals surface area contributed by atoms with Gasteiger partial charge in [0.1, 0.15) is 0 Å². The summed E-state index contributed by atoms with van der Waals surface area (Å²) in [5.41, 5.74) is 13.8. The first-order valence-electron chi connectivity index (χ1n) is 24.8. The first-order chi connectivity index (χ1) is 34.4. The molecule has 0 saturated carbocycles. The van der Waals surface area contributed by atoms with Gasteiger partial charge in [0.2, 0.25) is 0 Å². The molecular weight excluding hydrogens is 889 g/mol.